The van der Waals surface area contributed by atoms with E-state index in [1.807, 2.05) is 6.07 Å². The lowest BCUT2D eigenvalue weighted by Gasteiger charge is -2.05. The van der Waals surface area contributed by atoms with Crippen LogP contribution in [0, 0.1) is 0 Å². The van der Waals surface area contributed by atoms with Crippen LogP contribution in [-0.4, -0.2) is 23.4 Å². The van der Waals surface area contributed by atoms with Crippen LogP contribution in [-0.2, 0) is 11.2 Å². The minimum Gasteiger partial charge on any atom is -0.484 e. The molecule has 3 N–H and O–H groups in total. The number of nitrogens with two attached hydrogens (primary N) is 1. The van der Waals surface area contributed by atoms with E-state index in [-0.39, 0.29) is 12.5 Å². The number of nitrogens with one attached hydrogen (secondary N) is 1. The summed E-state index contributed by atoms with van der Waals surface area (Å²) in [6.07, 6.45) is 2.29. The highest BCUT2D eigenvalue weighted by Gasteiger charge is 2.11. The number of thiazole rings is 1. The van der Waals surface area contributed by atoms with Gasteiger partial charge in [0.1, 0.15) is 5.75 Å². The Morgan fingerprint density at radius 3 is 2.57 bits per heavy atom. The van der Waals surface area contributed by atoms with Gasteiger partial charge in [-0.2, -0.15) is 0 Å². The second-order valence-electron chi connectivity index (χ2n) is 5.78. The molecule has 0 spiro atoms. The first kappa shape index (κ1) is 20.1. The Kier molecular flexibility index (Phi) is 6.51. The van der Waals surface area contributed by atoms with E-state index >= 15 is 0 Å². The summed E-state index contributed by atoms with van der Waals surface area (Å²) in [5, 5.41) is 4.41. The first-order valence-corrected chi connectivity index (χ1v) is 9.69. The van der Waals surface area contributed by atoms with E-state index in [9.17, 15) is 9.59 Å². The molecule has 9 heteroatoms. The van der Waals surface area contributed by atoms with E-state index in [2.05, 4.69) is 10.3 Å². The molecule has 6 nitrogen and oxygen atoms in total. The van der Waals surface area contributed by atoms with Crippen LogP contribution in [0.4, 0.5) is 5.13 Å². The van der Waals surface area contributed by atoms with Crippen LogP contribution in [0.25, 0.3) is 0 Å². The molecule has 0 atom stereocenters. The van der Waals surface area contributed by atoms with Gasteiger partial charge in [-0.1, -0.05) is 29.3 Å². The number of hydrogen-bond acceptors (Lipinski definition) is 5. The fraction of sp³-hybridized carbons (Fsp3) is 0.105. The highest BCUT2D eigenvalue weighted by atomic mass is 35.5. The van der Waals surface area contributed by atoms with E-state index in [4.69, 9.17) is 33.7 Å². The van der Waals surface area contributed by atoms with Gasteiger partial charge in [0.2, 0.25) is 0 Å². The number of anilines is 1. The van der Waals surface area contributed by atoms with Crippen molar-refractivity contribution < 1.29 is 14.3 Å². The standard InChI is InChI=1S/C19H15Cl2N3O3S/c20-13-4-1-12(16(21)8-13)7-15-9-23-19(28-15)24-18(26)11-2-5-14(6-3-11)27-10-17(22)25/h1-6,8-9H,7,10H2,(H2,22,25)(H,23,24,26). The normalized spacial score (nSPS) is 10.5. The topological polar surface area (TPSA) is 94.3 Å². The second-order valence-corrected chi connectivity index (χ2v) is 7.74. The zero-order valence-electron chi connectivity index (χ0n) is 14.4. The van der Waals surface area contributed by atoms with Gasteiger partial charge in [0.25, 0.3) is 11.8 Å². The predicted molar refractivity (Wildman–Crippen MR) is 110 cm³/mol. The molecule has 3 rings (SSSR count). The minimum absolute atomic E-state index is 0.217. The van der Waals surface area contributed by atoms with Crippen LogP contribution in [0.3, 0.4) is 0 Å². The maximum absolute atomic E-state index is 12.4. The molecule has 3 aromatic rings. The fourth-order valence-electron chi connectivity index (χ4n) is 2.33. The van der Waals surface area contributed by atoms with Gasteiger partial charge in [-0.15, -0.1) is 11.3 Å². The molecular weight excluding hydrogens is 421 g/mol. The quantitative estimate of drug-likeness (QED) is 0.582. The molecule has 0 radical (unpaired) electrons. The molecule has 2 amide bonds. The summed E-state index contributed by atoms with van der Waals surface area (Å²) in [6, 6.07) is 11.7. The Morgan fingerprint density at radius 2 is 1.89 bits per heavy atom. The fourth-order valence-corrected chi connectivity index (χ4v) is 3.63. The average molecular weight is 436 g/mol. The number of ether oxygens (including phenoxy) is 1. The van der Waals surface area contributed by atoms with E-state index < -0.39 is 5.91 Å². The van der Waals surface area contributed by atoms with Crippen LogP contribution < -0.4 is 15.8 Å². The lowest BCUT2D eigenvalue weighted by molar-refractivity contribution is -0.119. The molecule has 0 aliphatic rings. The zero-order valence-corrected chi connectivity index (χ0v) is 16.8. The van der Waals surface area contributed by atoms with Crippen molar-refractivity contribution in [2.45, 2.75) is 6.42 Å². The lowest BCUT2D eigenvalue weighted by atomic mass is 10.1. The number of primary amides is 1. The monoisotopic (exact) mass is 435 g/mol. The molecule has 144 valence electrons. The van der Waals surface area contributed by atoms with Crippen molar-refractivity contribution in [3.8, 4) is 5.75 Å². The summed E-state index contributed by atoms with van der Waals surface area (Å²) in [7, 11) is 0. The number of carbonyl (C=O) groups is 2. The van der Waals surface area contributed by atoms with Crippen molar-refractivity contribution in [1.29, 1.82) is 0 Å². The first-order valence-electron chi connectivity index (χ1n) is 8.12. The Hall–Kier alpha value is -2.61. The van der Waals surface area contributed by atoms with Crippen LogP contribution in [0.2, 0.25) is 10.0 Å². The maximum atomic E-state index is 12.4. The van der Waals surface area contributed by atoms with Crippen LogP contribution in [0.5, 0.6) is 5.75 Å². The molecule has 28 heavy (non-hydrogen) atoms. The molecule has 0 aliphatic carbocycles. The van der Waals surface area contributed by atoms with E-state index in [0.717, 1.165) is 10.4 Å². The molecule has 0 unspecified atom stereocenters. The molecule has 0 saturated carbocycles. The molecule has 1 aromatic heterocycles. The largest absolute Gasteiger partial charge is 0.484 e. The van der Waals surface area contributed by atoms with Crippen molar-refractivity contribution in [3.05, 3.63) is 74.7 Å². The van der Waals surface area contributed by atoms with Crippen molar-refractivity contribution >= 4 is 51.5 Å². The number of nitrogens with zero attached hydrogens (tertiary/aromatic N) is 1. The van der Waals surface area contributed by atoms with Gasteiger partial charge in [0.05, 0.1) is 0 Å². The summed E-state index contributed by atoms with van der Waals surface area (Å²) in [4.78, 5) is 28.3. The third-order valence-electron chi connectivity index (χ3n) is 3.65. The highest BCUT2D eigenvalue weighted by molar-refractivity contribution is 7.15. The Balaban J connectivity index is 1.61. The average Bonchev–Trinajstić information content (AvgIpc) is 3.09. The number of hydrogen-bond donors (Lipinski definition) is 2. The first-order chi connectivity index (χ1) is 13.4. The van der Waals surface area contributed by atoms with Gasteiger partial charge in [-0.25, -0.2) is 4.98 Å². The third-order valence-corrected chi connectivity index (χ3v) is 5.15. The van der Waals surface area contributed by atoms with Gasteiger partial charge in [-0.3, -0.25) is 14.9 Å². The summed E-state index contributed by atoms with van der Waals surface area (Å²) in [5.74, 6) is -0.417. The maximum Gasteiger partial charge on any atom is 0.257 e. The van der Waals surface area contributed by atoms with Gasteiger partial charge >= 0.3 is 0 Å². The molecule has 0 saturated heterocycles. The number of rotatable bonds is 7. The van der Waals surface area contributed by atoms with Gasteiger partial charge in [0.15, 0.2) is 11.7 Å². The number of aromatic nitrogens is 1. The number of carbonyl (C=O) groups excluding carboxylic acids is 2. The summed E-state index contributed by atoms with van der Waals surface area (Å²) in [5.41, 5.74) is 6.39. The van der Waals surface area contributed by atoms with Gasteiger partial charge in [0, 0.05) is 33.1 Å². The third kappa shape index (κ3) is 5.45. The van der Waals surface area contributed by atoms with Crippen molar-refractivity contribution in [1.82, 2.24) is 4.98 Å². The molecule has 0 aliphatic heterocycles. The number of amides is 2. The summed E-state index contributed by atoms with van der Waals surface area (Å²) in [6.45, 7) is -0.217. The van der Waals surface area contributed by atoms with Crippen molar-refractivity contribution in [3.63, 3.8) is 0 Å². The van der Waals surface area contributed by atoms with Crippen molar-refractivity contribution in [2.24, 2.45) is 5.73 Å². The summed E-state index contributed by atoms with van der Waals surface area (Å²) >= 11 is 13.5. The van der Waals surface area contributed by atoms with Crippen LogP contribution >= 0.6 is 34.5 Å². The Labute approximate surface area is 175 Å². The van der Waals surface area contributed by atoms with E-state index in [0.29, 0.717) is 32.9 Å². The van der Waals surface area contributed by atoms with Crippen molar-refractivity contribution in [2.75, 3.05) is 11.9 Å². The molecule has 1 heterocycles. The second kappa shape index (κ2) is 9.05. The SMILES string of the molecule is NC(=O)COc1ccc(C(=O)Nc2ncc(Cc3ccc(Cl)cc3Cl)s2)cc1. The van der Waals surface area contributed by atoms with Crippen LogP contribution in [0.15, 0.2) is 48.7 Å². The smallest absolute Gasteiger partial charge is 0.257 e. The molecule has 2 aromatic carbocycles. The highest BCUT2D eigenvalue weighted by Crippen LogP contribution is 2.27. The lowest BCUT2D eigenvalue weighted by Crippen LogP contribution is -2.20. The van der Waals surface area contributed by atoms with Gasteiger partial charge in [-0.05, 0) is 42.0 Å². The summed E-state index contributed by atoms with van der Waals surface area (Å²) < 4.78 is 5.16. The van der Waals surface area contributed by atoms with E-state index in [1.54, 1.807) is 42.6 Å². The number of halogens is 2. The molecule has 0 fully saturated rings. The number of benzene rings is 2. The predicted octanol–water partition coefficient (Wildman–Crippen LogP) is 4.16. The zero-order chi connectivity index (χ0) is 20.1. The Bertz CT molecular complexity index is 1010. The Morgan fingerprint density at radius 1 is 1.14 bits per heavy atom. The van der Waals surface area contributed by atoms with E-state index in [1.165, 1.54) is 11.3 Å². The molecule has 0 bridgehead atoms. The van der Waals surface area contributed by atoms with Crippen LogP contribution in [0.1, 0.15) is 20.8 Å². The minimum atomic E-state index is -0.568. The molecular formula is C19H15Cl2N3O3S. The van der Waals surface area contributed by atoms with Gasteiger partial charge < -0.3 is 10.5 Å².